The van der Waals surface area contributed by atoms with Gasteiger partial charge < -0.3 is 20.1 Å². The van der Waals surface area contributed by atoms with Crippen LogP contribution in [0.1, 0.15) is 25.5 Å². The van der Waals surface area contributed by atoms with Crippen LogP contribution >= 0.6 is 0 Å². The number of amides is 1. The number of benzene rings is 1. The first-order valence-electron chi connectivity index (χ1n) is 6.43. The highest BCUT2D eigenvalue weighted by Gasteiger charge is 2.17. The Bertz CT molecular complexity index is 462. The first-order chi connectivity index (χ1) is 9.10. The van der Waals surface area contributed by atoms with E-state index in [1.54, 1.807) is 7.11 Å². The van der Waals surface area contributed by atoms with E-state index in [9.17, 15) is 4.79 Å². The summed E-state index contributed by atoms with van der Waals surface area (Å²) in [5.74, 6) is 0.610. The van der Waals surface area contributed by atoms with Crippen molar-refractivity contribution in [3.8, 4) is 5.75 Å². The van der Waals surface area contributed by atoms with Gasteiger partial charge in [0.2, 0.25) is 0 Å². The molecule has 2 unspecified atom stereocenters. The van der Waals surface area contributed by atoms with Crippen LogP contribution in [0.15, 0.2) is 18.2 Å². The molecule has 5 nitrogen and oxygen atoms in total. The zero-order valence-electron chi connectivity index (χ0n) is 11.5. The molecule has 1 aliphatic heterocycles. The largest absolute Gasteiger partial charge is 0.482 e. The van der Waals surface area contributed by atoms with Crippen molar-refractivity contribution in [1.29, 1.82) is 0 Å². The molecule has 0 aliphatic carbocycles. The summed E-state index contributed by atoms with van der Waals surface area (Å²) in [5.41, 5.74) is 1.84. The Kier molecular flexibility index (Phi) is 4.39. The molecule has 1 aromatic carbocycles. The van der Waals surface area contributed by atoms with Gasteiger partial charge in [-0.15, -0.1) is 0 Å². The van der Waals surface area contributed by atoms with Crippen molar-refractivity contribution in [2.24, 2.45) is 0 Å². The number of hydrogen-bond donors (Lipinski definition) is 2. The summed E-state index contributed by atoms with van der Waals surface area (Å²) in [6.45, 7) is 4.96. The van der Waals surface area contributed by atoms with Gasteiger partial charge in [-0.2, -0.15) is 0 Å². The molecular formula is C14H20N2O3. The zero-order chi connectivity index (χ0) is 13.8. The quantitative estimate of drug-likeness (QED) is 0.850. The molecule has 0 aromatic heterocycles. The average molecular weight is 264 g/mol. The zero-order valence-corrected chi connectivity index (χ0v) is 11.5. The Morgan fingerprint density at radius 1 is 1.47 bits per heavy atom. The maximum atomic E-state index is 11.3. The number of rotatable bonds is 5. The molecule has 2 rings (SSSR count). The van der Waals surface area contributed by atoms with Crippen LogP contribution in [-0.2, 0) is 9.53 Å². The fraction of sp³-hybridized carbons (Fsp3) is 0.500. The topological polar surface area (TPSA) is 59.6 Å². The van der Waals surface area contributed by atoms with Gasteiger partial charge in [-0.25, -0.2) is 0 Å². The van der Waals surface area contributed by atoms with Crippen molar-refractivity contribution in [3.63, 3.8) is 0 Å². The Balaban J connectivity index is 2.04. The van der Waals surface area contributed by atoms with Gasteiger partial charge in [0.15, 0.2) is 6.61 Å². The molecule has 0 spiro atoms. The van der Waals surface area contributed by atoms with E-state index in [1.165, 1.54) is 0 Å². The number of fused-ring (bicyclic) bond motifs is 1. The highest BCUT2D eigenvalue weighted by molar-refractivity contribution is 5.95. The first-order valence-corrected chi connectivity index (χ1v) is 6.43. The van der Waals surface area contributed by atoms with Crippen molar-refractivity contribution in [2.75, 3.05) is 25.6 Å². The van der Waals surface area contributed by atoms with E-state index in [0.717, 1.165) is 23.5 Å². The summed E-state index contributed by atoms with van der Waals surface area (Å²) < 4.78 is 10.5. The predicted molar refractivity (Wildman–Crippen MR) is 73.5 cm³/mol. The monoisotopic (exact) mass is 264 g/mol. The van der Waals surface area contributed by atoms with Crippen LogP contribution in [0.4, 0.5) is 5.69 Å². The first kappa shape index (κ1) is 13.8. The van der Waals surface area contributed by atoms with E-state index >= 15 is 0 Å². The highest BCUT2D eigenvalue weighted by atomic mass is 16.5. The van der Waals surface area contributed by atoms with Crippen molar-refractivity contribution < 1.29 is 14.3 Å². The molecule has 104 valence electrons. The summed E-state index contributed by atoms with van der Waals surface area (Å²) in [7, 11) is 1.70. The Labute approximate surface area is 113 Å². The van der Waals surface area contributed by atoms with Gasteiger partial charge in [-0.05, 0) is 31.5 Å². The summed E-state index contributed by atoms with van der Waals surface area (Å²) in [6.07, 6.45) is 0.170. The van der Waals surface area contributed by atoms with Crippen LogP contribution < -0.4 is 15.4 Å². The fourth-order valence-electron chi connectivity index (χ4n) is 1.91. The number of carbonyl (C=O) groups excluding carboxylic acids is 1. The smallest absolute Gasteiger partial charge is 0.262 e. The third-order valence-electron chi connectivity index (χ3n) is 3.25. The van der Waals surface area contributed by atoms with Gasteiger partial charge in [0.1, 0.15) is 5.75 Å². The Morgan fingerprint density at radius 3 is 3.00 bits per heavy atom. The normalized spacial score (nSPS) is 17.1. The number of ether oxygens (including phenoxy) is 2. The molecule has 5 heteroatoms. The van der Waals surface area contributed by atoms with Crippen LogP contribution in [0.2, 0.25) is 0 Å². The van der Waals surface area contributed by atoms with Crippen LogP contribution in [0.3, 0.4) is 0 Å². The number of methoxy groups -OCH3 is 1. The molecular weight excluding hydrogens is 244 g/mol. The van der Waals surface area contributed by atoms with Crippen LogP contribution in [0.5, 0.6) is 5.75 Å². The maximum absolute atomic E-state index is 11.3. The molecule has 0 bridgehead atoms. The SMILES string of the molecule is COC(C)CNC(C)c1ccc2c(c1)NC(=O)CO2. The lowest BCUT2D eigenvalue weighted by atomic mass is 10.1. The van der Waals surface area contributed by atoms with Crippen LogP contribution in [-0.4, -0.2) is 32.3 Å². The van der Waals surface area contributed by atoms with Crippen LogP contribution in [0, 0.1) is 0 Å². The average Bonchev–Trinajstić information content (AvgIpc) is 2.43. The minimum absolute atomic E-state index is 0.0888. The molecule has 0 fully saturated rings. The van der Waals surface area contributed by atoms with E-state index in [1.807, 2.05) is 25.1 Å². The summed E-state index contributed by atoms with van der Waals surface area (Å²) in [4.78, 5) is 11.3. The molecule has 0 saturated heterocycles. The molecule has 0 saturated carbocycles. The van der Waals surface area contributed by atoms with E-state index in [2.05, 4.69) is 17.6 Å². The molecule has 19 heavy (non-hydrogen) atoms. The van der Waals surface area contributed by atoms with Crippen molar-refractivity contribution in [3.05, 3.63) is 23.8 Å². The van der Waals surface area contributed by atoms with E-state index in [-0.39, 0.29) is 24.7 Å². The number of nitrogens with one attached hydrogen (secondary N) is 2. The molecule has 1 amide bonds. The van der Waals surface area contributed by atoms with Gasteiger partial charge in [-0.3, -0.25) is 4.79 Å². The third kappa shape index (κ3) is 3.45. The Hall–Kier alpha value is -1.59. The molecule has 1 aliphatic rings. The van der Waals surface area contributed by atoms with Crippen LogP contribution in [0.25, 0.3) is 0 Å². The molecule has 2 N–H and O–H groups in total. The number of carbonyl (C=O) groups is 1. The molecule has 1 heterocycles. The minimum atomic E-state index is -0.113. The minimum Gasteiger partial charge on any atom is -0.482 e. The second-order valence-corrected chi connectivity index (χ2v) is 4.77. The van der Waals surface area contributed by atoms with Crippen molar-refractivity contribution >= 4 is 11.6 Å². The molecule has 0 radical (unpaired) electrons. The summed E-state index contributed by atoms with van der Waals surface area (Å²) in [6, 6.07) is 6.02. The third-order valence-corrected chi connectivity index (χ3v) is 3.25. The summed E-state index contributed by atoms with van der Waals surface area (Å²) in [5, 5.41) is 6.20. The lowest BCUT2D eigenvalue weighted by molar-refractivity contribution is -0.118. The maximum Gasteiger partial charge on any atom is 0.262 e. The molecule has 1 aromatic rings. The van der Waals surface area contributed by atoms with Gasteiger partial charge in [0, 0.05) is 19.7 Å². The standard InChI is InChI=1S/C14H20N2O3/c1-9(18-3)7-15-10(2)11-4-5-13-12(6-11)16-14(17)8-19-13/h4-6,9-10,15H,7-8H2,1-3H3,(H,16,17). The van der Waals surface area contributed by atoms with Crippen molar-refractivity contribution in [1.82, 2.24) is 5.32 Å². The Morgan fingerprint density at radius 2 is 2.26 bits per heavy atom. The fourth-order valence-corrected chi connectivity index (χ4v) is 1.91. The lowest BCUT2D eigenvalue weighted by Crippen LogP contribution is -2.29. The second kappa shape index (κ2) is 6.04. The molecule has 2 atom stereocenters. The van der Waals surface area contributed by atoms with E-state index < -0.39 is 0 Å². The van der Waals surface area contributed by atoms with E-state index in [0.29, 0.717) is 0 Å². The van der Waals surface area contributed by atoms with E-state index in [4.69, 9.17) is 9.47 Å². The number of hydrogen-bond acceptors (Lipinski definition) is 4. The van der Waals surface area contributed by atoms with Gasteiger partial charge in [-0.1, -0.05) is 6.07 Å². The predicted octanol–water partition coefficient (Wildman–Crippen LogP) is 1.70. The second-order valence-electron chi connectivity index (χ2n) is 4.77. The van der Waals surface area contributed by atoms with Crippen molar-refractivity contribution in [2.45, 2.75) is 26.0 Å². The van der Waals surface area contributed by atoms with Gasteiger partial charge in [0.05, 0.1) is 11.8 Å². The van der Waals surface area contributed by atoms with Gasteiger partial charge in [0.25, 0.3) is 5.91 Å². The van der Waals surface area contributed by atoms with Gasteiger partial charge >= 0.3 is 0 Å². The number of anilines is 1. The lowest BCUT2D eigenvalue weighted by Gasteiger charge is -2.21. The highest BCUT2D eigenvalue weighted by Crippen LogP contribution is 2.30. The summed E-state index contributed by atoms with van der Waals surface area (Å²) >= 11 is 0.